The van der Waals surface area contributed by atoms with Gasteiger partial charge in [-0.25, -0.2) is 0 Å². The van der Waals surface area contributed by atoms with Crippen LogP contribution in [0.15, 0.2) is 0 Å². The van der Waals surface area contributed by atoms with Crippen LogP contribution in [-0.2, 0) is 0 Å². The molecule has 0 radical (unpaired) electrons. The zero-order valence-corrected chi connectivity index (χ0v) is 14.1. The van der Waals surface area contributed by atoms with Crippen LogP contribution >= 0.6 is 0 Å². The Balaban J connectivity index is 2.70. The van der Waals surface area contributed by atoms with Crippen molar-refractivity contribution in [3.63, 3.8) is 0 Å². The summed E-state index contributed by atoms with van der Waals surface area (Å²) in [7, 11) is 3.75. The predicted molar refractivity (Wildman–Crippen MR) is 81.4 cm³/mol. The van der Waals surface area contributed by atoms with Gasteiger partial charge in [-0.3, -0.25) is 0 Å². The van der Waals surface area contributed by atoms with Gasteiger partial charge < -0.3 is 10.2 Å². The lowest BCUT2D eigenvalue weighted by atomic mass is 9.67. The standard InChI is InChI=1S/C16H31F3N2/c1-6-15(2,3)12-7-8-13(20-4)14(11-12)21(5)10-9-16(17,18)19/h12-14,20H,6-11H2,1-5H3. The second-order valence-electron chi connectivity index (χ2n) is 7.16. The molecule has 5 heteroatoms. The summed E-state index contributed by atoms with van der Waals surface area (Å²) >= 11 is 0. The molecule has 126 valence electrons. The maximum atomic E-state index is 12.4. The van der Waals surface area contributed by atoms with E-state index in [1.807, 2.05) is 19.0 Å². The molecule has 0 bridgehead atoms. The summed E-state index contributed by atoms with van der Waals surface area (Å²) in [4.78, 5) is 1.91. The number of likely N-dealkylation sites (N-methyl/N-ethyl adjacent to an activating group) is 2. The van der Waals surface area contributed by atoms with E-state index in [0.29, 0.717) is 12.0 Å². The highest BCUT2D eigenvalue weighted by atomic mass is 19.4. The number of nitrogens with zero attached hydrogens (tertiary/aromatic N) is 1. The Bertz CT molecular complexity index is 315. The lowest BCUT2D eigenvalue weighted by Gasteiger charge is -2.46. The average Bonchev–Trinajstić information content (AvgIpc) is 2.43. The molecule has 1 aliphatic carbocycles. The Morgan fingerprint density at radius 1 is 1.19 bits per heavy atom. The van der Waals surface area contributed by atoms with Gasteiger partial charge in [-0.05, 0) is 44.7 Å². The largest absolute Gasteiger partial charge is 0.390 e. The first-order valence-corrected chi connectivity index (χ1v) is 8.05. The molecule has 0 aromatic rings. The monoisotopic (exact) mass is 308 g/mol. The lowest BCUT2D eigenvalue weighted by Crippen LogP contribution is -2.53. The summed E-state index contributed by atoms with van der Waals surface area (Å²) in [5, 5.41) is 3.30. The highest BCUT2D eigenvalue weighted by Crippen LogP contribution is 2.41. The number of halogens is 3. The second kappa shape index (κ2) is 7.32. The first kappa shape index (κ1) is 18.8. The third kappa shape index (κ3) is 5.44. The van der Waals surface area contributed by atoms with Gasteiger partial charge in [0.25, 0.3) is 0 Å². The van der Waals surface area contributed by atoms with Crippen LogP contribution in [0.2, 0.25) is 0 Å². The number of alkyl halides is 3. The van der Waals surface area contributed by atoms with Gasteiger partial charge >= 0.3 is 6.18 Å². The molecule has 1 saturated carbocycles. The summed E-state index contributed by atoms with van der Waals surface area (Å²) in [6.45, 7) is 6.85. The van der Waals surface area contributed by atoms with Gasteiger partial charge in [0.1, 0.15) is 0 Å². The van der Waals surface area contributed by atoms with Crippen molar-refractivity contribution in [1.82, 2.24) is 10.2 Å². The first-order chi connectivity index (χ1) is 9.60. The molecule has 0 saturated heterocycles. The Morgan fingerprint density at radius 3 is 2.29 bits per heavy atom. The van der Waals surface area contributed by atoms with E-state index in [1.54, 1.807) is 0 Å². The molecule has 2 nitrogen and oxygen atoms in total. The van der Waals surface area contributed by atoms with Gasteiger partial charge in [-0.15, -0.1) is 0 Å². The van der Waals surface area contributed by atoms with Gasteiger partial charge in [-0.2, -0.15) is 13.2 Å². The van der Waals surface area contributed by atoms with Gasteiger partial charge in [0.2, 0.25) is 0 Å². The van der Waals surface area contributed by atoms with Crippen molar-refractivity contribution >= 4 is 0 Å². The molecule has 1 rings (SSSR count). The molecule has 3 atom stereocenters. The molecule has 0 amide bonds. The van der Waals surface area contributed by atoms with Crippen LogP contribution < -0.4 is 5.32 Å². The van der Waals surface area contributed by atoms with E-state index in [2.05, 4.69) is 26.1 Å². The predicted octanol–water partition coefficient (Wildman–Crippen LogP) is 4.06. The Hall–Kier alpha value is -0.290. The van der Waals surface area contributed by atoms with E-state index in [-0.39, 0.29) is 18.0 Å². The summed E-state index contributed by atoms with van der Waals surface area (Å²) in [6.07, 6.45) is -0.485. The molecular formula is C16H31F3N2. The Labute approximate surface area is 127 Å². The highest BCUT2D eigenvalue weighted by molar-refractivity contribution is 4.93. The number of rotatable bonds is 6. The average molecular weight is 308 g/mol. The molecular weight excluding hydrogens is 277 g/mol. The van der Waals surface area contributed by atoms with Crippen molar-refractivity contribution in [3.05, 3.63) is 0 Å². The van der Waals surface area contributed by atoms with Gasteiger partial charge in [0, 0.05) is 18.6 Å². The van der Waals surface area contributed by atoms with Gasteiger partial charge in [0.15, 0.2) is 0 Å². The summed E-state index contributed by atoms with van der Waals surface area (Å²) in [5.41, 5.74) is 0.266. The van der Waals surface area contributed by atoms with Crippen molar-refractivity contribution in [2.24, 2.45) is 11.3 Å². The zero-order valence-electron chi connectivity index (χ0n) is 14.1. The number of hydrogen-bond acceptors (Lipinski definition) is 2. The SMILES string of the molecule is CCC(C)(C)C1CCC(NC)C(N(C)CCC(F)(F)F)C1. The highest BCUT2D eigenvalue weighted by Gasteiger charge is 2.39. The molecule has 0 aromatic heterocycles. The molecule has 3 unspecified atom stereocenters. The van der Waals surface area contributed by atoms with E-state index in [1.165, 1.54) is 0 Å². The maximum Gasteiger partial charge on any atom is 0.390 e. The topological polar surface area (TPSA) is 15.3 Å². The van der Waals surface area contributed by atoms with E-state index < -0.39 is 12.6 Å². The van der Waals surface area contributed by atoms with Crippen LogP contribution in [0.3, 0.4) is 0 Å². The molecule has 1 fully saturated rings. The Morgan fingerprint density at radius 2 is 1.81 bits per heavy atom. The minimum absolute atomic E-state index is 0.0889. The Kier molecular flexibility index (Phi) is 6.54. The number of nitrogens with one attached hydrogen (secondary N) is 1. The lowest BCUT2D eigenvalue weighted by molar-refractivity contribution is -0.139. The molecule has 0 spiro atoms. The molecule has 0 aromatic carbocycles. The number of hydrogen-bond donors (Lipinski definition) is 1. The van der Waals surface area contributed by atoms with Crippen LogP contribution in [0.5, 0.6) is 0 Å². The van der Waals surface area contributed by atoms with Crippen molar-refractivity contribution in [3.8, 4) is 0 Å². The van der Waals surface area contributed by atoms with Crippen molar-refractivity contribution < 1.29 is 13.2 Å². The van der Waals surface area contributed by atoms with Crippen molar-refractivity contribution in [2.45, 2.75) is 71.1 Å². The van der Waals surface area contributed by atoms with Gasteiger partial charge in [0.05, 0.1) is 6.42 Å². The molecule has 1 N–H and O–H groups in total. The van der Waals surface area contributed by atoms with Crippen LogP contribution in [-0.4, -0.2) is 43.8 Å². The summed E-state index contributed by atoms with van der Waals surface area (Å²) < 4.78 is 37.3. The van der Waals surface area contributed by atoms with Crippen LogP contribution in [0.25, 0.3) is 0 Å². The van der Waals surface area contributed by atoms with Crippen molar-refractivity contribution in [1.29, 1.82) is 0 Å². The van der Waals surface area contributed by atoms with Crippen LogP contribution in [0.4, 0.5) is 13.2 Å². The van der Waals surface area contributed by atoms with Gasteiger partial charge in [-0.1, -0.05) is 27.2 Å². The normalized spacial score (nSPS) is 28.1. The first-order valence-electron chi connectivity index (χ1n) is 8.05. The smallest absolute Gasteiger partial charge is 0.315 e. The fourth-order valence-electron chi connectivity index (χ4n) is 3.44. The maximum absolute atomic E-state index is 12.4. The van der Waals surface area contributed by atoms with Crippen LogP contribution in [0.1, 0.15) is 52.9 Å². The summed E-state index contributed by atoms with van der Waals surface area (Å²) in [5.74, 6) is 0.588. The third-order valence-corrected chi connectivity index (χ3v) is 5.52. The van der Waals surface area contributed by atoms with E-state index in [9.17, 15) is 13.2 Å². The fraction of sp³-hybridized carbons (Fsp3) is 1.00. The molecule has 0 aliphatic heterocycles. The summed E-state index contributed by atoms with van der Waals surface area (Å²) in [6, 6.07) is 0.495. The minimum Gasteiger partial charge on any atom is -0.315 e. The van der Waals surface area contributed by atoms with E-state index >= 15 is 0 Å². The molecule has 0 heterocycles. The van der Waals surface area contributed by atoms with Crippen LogP contribution in [0, 0.1) is 11.3 Å². The quantitative estimate of drug-likeness (QED) is 0.796. The van der Waals surface area contributed by atoms with E-state index in [4.69, 9.17) is 0 Å². The molecule has 1 aliphatic rings. The van der Waals surface area contributed by atoms with E-state index in [0.717, 1.165) is 25.7 Å². The molecule has 21 heavy (non-hydrogen) atoms. The van der Waals surface area contributed by atoms with Crippen molar-refractivity contribution in [2.75, 3.05) is 20.6 Å². The second-order valence-corrected chi connectivity index (χ2v) is 7.16. The fourth-order valence-corrected chi connectivity index (χ4v) is 3.44. The minimum atomic E-state index is -4.07. The third-order valence-electron chi connectivity index (χ3n) is 5.52. The zero-order chi connectivity index (χ0) is 16.3.